The molecule has 0 unspecified atom stereocenters. The number of unbranched alkanes of at least 4 members (excludes halogenated alkanes) is 3. The summed E-state index contributed by atoms with van der Waals surface area (Å²) in [4.78, 5) is 17.2. The second-order valence-electron chi connectivity index (χ2n) is 8.75. The number of ether oxygens (including phenoxy) is 1. The Morgan fingerprint density at radius 3 is 2.61 bits per heavy atom. The maximum Gasteiger partial charge on any atom is 0.251 e. The number of halogens is 2. The fraction of sp³-hybridized carbons (Fsp3) is 0.310. The highest BCUT2D eigenvalue weighted by Gasteiger charge is 2.10. The van der Waals surface area contributed by atoms with Gasteiger partial charge in [0, 0.05) is 34.6 Å². The number of nitrogens with zero attached hydrogens (tertiary/aromatic N) is 2. The zero-order chi connectivity index (χ0) is 25.2. The summed E-state index contributed by atoms with van der Waals surface area (Å²) in [6.07, 6.45) is 5.93. The predicted molar refractivity (Wildman–Crippen MR) is 150 cm³/mol. The molecule has 0 aliphatic heterocycles. The standard InChI is InChI=1S/C29H31BrClN3O2/c30-23-10-8-9-22(21-23)29(35)32-18-5-1-2-13-28-33-26-11-3-4-12-27(26)34(28)19-6-7-20-36-25-16-14-24(31)15-17-25/h3-4,8-12,14-17,21H,1-2,5-7,13,18-20H2,(H,32,35). The molecule has 1 N–H and O–H groups in total. The first-order valence-electron chi connectivity index (χ1n) is 12.5. The zero-order valence-electron chi connectivity index (χ0n) is 20.3. The Hall–Kier alpha value is -2.83. The van der Waals surface area contributed by atoms with Gasteiger partial charge in [-0.1, -0.05) is 52.2 Å². The number of hydrogen-bond donors (Lipinski definition) is 1. The fourth-order valence-electron chi connectivity index (χ4n) is 4.18. The van der Waals surface area contributed by atoms with Crippen LogP contribution in [0.5, 0.6) is 5.75 Å². The van der Waals surface area contributed by atoms with Crippen LogP contribution in [0.15, 0.2) is 77.3 Å². The molecule has 1 heterocycles. The van der Waals surface area contributed by atoms with E-state index in [1.807, 2.05) is 54.6 Å². The van der Waals surface area contributed by atoms with Gasteiger partial charge in [0.15, 0.2) is 0 Å². The summed E-state index contributed by atoms with van der Waals surface area (Å²) in [6.45, 7) is 2.27. The van der Waals surface area contributed by atoms with Crippen LogP contribution < -0.4 is 10.1 Å². The number of para-hydroxylation sites is 2. The minimum atomic E-state index is -0.0295. The van der Waals surface area contributed by atoms with E-state index in [1.165, 1.54) is 5.52 Å². The summed E-state index contributed by atoms with van der Waals surface area (Å²) in [5.74, 6) is 1.95. The molecular formula is C29H31BrClN3O2. The maximum absolute atomic E-state index is 12.3. The van der Waals surface area contributed by atoms with Gasteiger partial charge in [0.2, 0.25) is 0 Å². The van der Waals surface area contributed by atoms with Crippen LogP contribution in [0.1, 0.15) is 48.3 Å². The van der Waals surface area contributed by atoms with Gasteiger partial charge in [0.05, 0.1) is 17.6 Å². The quantitative estimate of drug-likeness (QED) is 0.170. The van der Waals surface area contributed by atoms with E-state index in [-0.39, 0.29) is 5.91 Å². The topological polar surface area (TPSA) is 56.2 Å². The van der Waals surface area contributed by atoms with E-state index >= 15 is 0 Å². The van der Waals surface area contributed by atoms with Crippen molar-refractivity contribution in [1.82, 2.24) is 14.9 Å². The molecule has 4 rings (SSSR count). The lowest BCUT2D eigenvalue weighted by atomic mass is 10.1. The van der Waals surface area contributed by atoms with Crippen molar-refractivity contribution in [1.29, 1.82) is 0 Å². The molecule has 1 aromatic heterocycles. The number of imidazole rings is 1. The van der Waals surface area contributed by atoms with Crippen LogP contribution >= 0.6 is 27.5 Å². The number of carbonyl (C=O) groups is 1. The fourth-order valence-corrected chi connectivity index (χ4v) is 4.70. The third-order valence-electron chi connectivity index (χ3n) is 6.04. The van der Waals surface area contributed by atoms with E-state index in [2.05, 4.69) is 44.0 Å². The number of nitrogens with one attached hydrogen (secondary N) is 1. The number of rotatable bonds is 13. The van der Waals surface area contributed by atoms with E-state index in [1.54, 1.807) is 0 Å². The van der Waals surface area contributed by atoms with E-state index in [9.17, 15) is 4.79 Å². The number of aromatic nitrogens is 2. The predicted octanol–water partition coefficient (Wildman–Crippen LogP) is 7.45. The molecule has 0 aliphatic carbocycles. The van der Waals surface area contributed by atoms with E-state index in [0.29, 0.717) is 23.7 Å². The highest BCUT2D eigenvalue weighted by atomic mass is 79.9. The number of amides is 1. The molecule has 0 atom stereocenters. The van der Waals surface area contributed by atoms with E-state index in [4.69, 9.17) is 21.3 Å². The van der Waals surface area contributed by atoms with Gasteiger partial charge in [-0.05, 0) is 80.3 Å². The van der Waals surface area contributed by atoms with Crippen LogP contribution in [0.25, 0.3) is 11.0 Å². The molecule has 5 nitrogen and oxygen atoms in total. The second-order valence-corrected chi connectivity index (χ2v) is 10.1. The van der Waals surface area contributed by atoms with Gasteiger partial charge in [-0.3, -0.25) is 4.79 Å². The number of benzene rings is 3. The molecule has 0 saturated heterocycles. The number of aryl methyl sites for hydroxylation is 2. The van der Waals surface area contributed by atoms with Gasteiger partial charge < -0.3 is 14.6 Å². The maximum atomic E-state index is 12.3. The van der Waals surface area contributed by atoms with Crippen LogP contribution in [0, 0.1) is 0 Å². The number of carbonyl (C=O) groups excluding carboxylic acids is 1. The monoisotopic (exact) mass is 567 g/mol. The molecule has 1 amide bonds. The molecule has 188 valence electrons. The normalized spacial score (nSPS) is 11.1. The van der Waals surface area contributed by atoms with Crippen LogP contribution in [-0.4, -0.2) is 28.6 Å². The minimum Gasteiger partial charge on any atom is -0.494 e. The molecule has 7 heteroatoms. The van der Waals surface area contributed by atoms with Crippen molar-refractivity contribution in [3.05, 3.63) is 93.7 Å². The molecule has 0 fully saturated rings. The Labute approximate surface area is 226 Å². The lowest BCUT2D eigenvalue weighted by molar-refractivity contribution is 0.0953. The smallest absolute Gasteiger partial charge is 0.251 e. The Morgan fingerprint density at radius 1 is 0.944 bits per heavy atom. The lowest BCUT2D eigenvalue weighted by Gasteiger charge is -2.10. The van der Waals surface area contributed by atoms with E-state index < -0.39 is 0 Å². The molecular weight excluding hydrogens is 538 g/mol. The summed E-state index contributed by atoms with van der Waals surface area (Å²) in [5.41, 5.74) is 2.91. The van der Waals surface area contributed by atoms with Crippen molar-refractivity contribution in [2.45, 2.75) is 45.1 Å². The highest BCUT2D eigenvalue weighted by Crippen LogP contribution is 2.20. The van der Waals surface area contributed by atoms with Gasteiger partial charge in [-0.15, -0.1) is 0 Å². The Morgan fingerprint density at radius 2 is 1.78 bits per heavy atom. The number of fused-ring (bicyclic) bond motifs is 1. The molecule has 0 aliphatic rings. The van der Waals surface area contributed by atoms with Crippen LogP contribution in [0.3, 0.4) is 0 Å². The molecule has 36 heavy (non-hydrogen) atoms. The largest absolute Gasteiger partial charge is 0.494 e. The molecule has 4 aromatic rings. The number of hydrogen-bond acceptors (Lipinski definition) is 3. The minimum absolute atomic E-state index is 0.0295. The van der Waals surface area contributed by atoms with Crippen LogP contribution in [-0.2, 0) is 13.0 Å². The molecule has 0 spiro atoms. The Balaban J connectivity index is 1.21. The Kier molecular flexibility index (Phi) is 9.82. The summed E-state index contributed by atoms with van der Waals surface area (Å²) >= 11 is 9.34. The van der Waals surface area contributed by atoms with Crippen molar-refractivity contribution >= 4 is 44.5 Å². The van der Waals surface area contributed by atoms with Gasteiger partial charge in [0.1, 0.15) is 11.6 Å². The van der Waals surface area contributed by atoms with Crippen molar-refractivity contribution in [3.8, 4) is 5.75 Å². The Bertz CT molecular complexity index is 1270. The van der Waals surface area contributed by atoms with Gasteiger partial charge >= 0.3 is 0 Å². The molecule has 0 bridgehead atoms. The molecule has 0 radical (unpaired) electrons. The average Bonchev–Trinajstić information content (AvgIpc) is 3.24. The van der Waals surface area contributed by atoms with Crippen LogP contribution in [0.4, 0.5) is 0 Å². The summed E-state index contributed by atoms with van der Waals surface area (Å²) in [5, 5.41) is 3.73. The van der Waals surface area contributed by atoms with Gasteiger partial charge in [-0.2, -0.15) is 0 Å². The van der Waals surface area contributed by atoms with Gasteiger partial charge in [-0.25, -0.2) is 4.98 Å². The average molecular weight is 569 g/mol. The summed E-state index contributed by atoms with van der Waals surface area (Å²) in [6, 6.07) is 23.3. The first-order valence-corrected chi connectivity index (χ1v) is 13.6. The van der Waals surface area contributed by atoms with Crippen molar-refractivity contribution < 1.29 is 9.53 Å². The summed E-state index contributed by atoms with van der Waals surface area (Å²) in [7, 11) is 0. The van der Waals surface area contributed by atoms with Crippen molar-refractivity contribution in [2.24, 2.45) is 0 Å². The second kappa shape index (κ2) is 13.5. The SMILES string of the molecule is O=C(NCCCCCc1nc2ccccc2n1CCCCOc1ccc(Cl)cc1)c1cccc(Br)c1. The summed E-state index contributed by atoms with van der Waals surface area (Å²) < 4.78 is 9.10. The zero-order valence-corrected chi connectivity index (χ0v) is 22.6. The first-order chi connectivity index (χ1) is 17.6. The third-order valence-corrected chi connectivity index (χ3v) is 6.79. The first kappa shape index (κ1) is 26.2. The van der Waals surface area contributed by atoms with Crippen molar-refractivity contribution in [3.63, 3.8) is 0 Å². The molecule has 3 aromatic carbocycles. The van der Waals surface area contributed by atoms with E-state index in [0.717, 1.165) is 66.6 Å². The van der Waals surface area contributed by atoms with Crippen LogP contribution in [0.2, 0.25) is 5.02 Å². The van der Waals surface area contributed by atoms with Crippen molar-refractivity contribution in [2.75, 3.05) is 13.2 Å². The van der Waals surface area contributed by atoms with Gasteiger partial charge in [0.25, 0.3) is 5.91 Å². The third kappa shape index (κ3) is 7.58. The molecule has 0 saturated carbocycles. The lowest BCUT2D eigenvalue weighted by Crippen LogP contribution is -2.24. The highest BCUT2D eigenvalue weighted by molar-refractivity contribution is 9.10.